The van der Waals surface area contributed by atoms with Gasteiger partial charge in [0.05, 0.1) is 0 Å². The van der Waals surface area contributed by atoms with Crippen LogP contribution < -0.4 is 0 Å². The Bertz CT molecular complexity index is 757. The summed E-state index contributed by atoms with van der Waals surface area (Å²) < 4.78 is 5.82. The lowest BCUT2D eigenvalue weighted by atomic mass is 9.44. The molecule has 0 radical (unpaired) electrons. The van der Waals surface area contributed by atoms with Crippen molar-refractivity contribution in [1.29, 1.82) is 0 Å². The minimum absolute atomic E-state index is 0.0890. The summed E-state index contributed by atoms with van der Waals surface area (Å²) in [7, 11) is 0. The first-order chi connectivity index (χ1) is 13.9. The second kappa shape index (κ2) is 7.13. The van der Waals surface area contributed by atoms with Crippen molar-refractivity contribution in [1.82, 2.24) is 0 Å². The lowest BCUT2D eigenvalue weighted by Crippen LogP contribution is -2.54. The van der Waals surface area contributed by atoms with Gasteiger partial charge in [-0.25, -0.2) is 0 Å². The molecule has 0 saturated heterocycles. The van der Waals surface area contributed by atoms with Crippen LogP contribution in [0.2, 0.25) is 0 Å². The third kappa shape index (κ3) is 3.08. The Labute approximate surface area is 176 Å². The molecule has 0 spiro atoms. The Hall–Kier alpha value is -1.31. The van der Waals surface area contributed by atoms with Gasteiger partial charge in [-0.1, -0.05) is 44.2 Å². The summed E-state index contributed by atoms with van der Waals surface area (Å²) in [5.41, 5.74) is 2.31. The SMILES string of the molecule is CC(=O)O[C@H]1CC[C@@H]2[C@@H]3CC[C@H]4C[C@H](c5ccccc5)CC[C@]4(C)[C@@H]3CC[C@]12C. The third-order valence-corrected chi connectivity index (χ3v) is 10.2. The summed E-state index contributed by atoms with van der Waals surface area (Å²) in [5.74, 6) is 4.05. The Morgan fingerprint density at radius 3 is 2.38 bits per heavy atom. The monoisotopic (exact) mass is 394 g/mol. The minimum Gasteiger partial charge on any atom is -0.462 e. The van der Waals surface area contributed by atoms with Gasteiger partial charge >= 0.3 is 5.97 Å². The van der Waals surface area contributed by atoms with Crippen LogP contribution in [0.5, 0.6) is 0 Å². The Morgan fingerprint density at radius 2 is 1.62 bits per heavy atom. The molecule has 1 aromatic carbocycles. The molecule has 4 aliphatic rings. The van der Waals surface area contributed by atoms with Crippen LogP contribution >= 0.6 is 0 Å². The van der Waals surface area contributed by atoms with Crippen molar-refractivity contribution in [3.05, 3.63) is 35.9 Å². The van der Waals surface area contributed by atoms with E-state index in [1.807, 2.05) is 0 Å². The molecule has 0 N–H and O–H groups in total. The van der Waals surface area contributed by atoms with E-state index in [9.17, 15) is 4.79 Å². The van der Waals surface area contributed by atoms with Crippen LogP contribution in [0.4, 0.5) is 0 Å². The largest absolute Gasteiger partial charge is 0.462 e. The maximum atomic E-state index is 11.7. The van der Waals surface area contributed by atoms with E-state index in [1.54, 1.807) is 12.5 Å². The van der Waals surface area contributed by atoms with Crippen molar-refractivity contribution in [2.24, 2.45) is 34.5 Å². The molecule has 158 valence electrons. The van der Waals surface area contributed by atoms with Crippen LogP contribution in [-0.2, 0) is 9.53 Å². The van der Waals surface area contributed by atoms with Gasteiger partial charge in [-0.15, -0.1) is 0 Å². The number of carbonyl (C=O) groups excluding carboxylic acids is 1. The van der Waals surface area contributed by atoms with E-state index >= 15 is 0 Å². The fourth-order valence-corrected chi connectivity index (χ4v) is 8.63. The van der Waals surface area contributed by atoms with Crippen molar-refractivity contribution < 1.29 is 9.53 Å². The number of hydrogen-bond acceptors (Lipinski definition) is 2. The number of benzene rings is 1. The van der Waals surface area contributed by atoms with Crippen LogP contribution in [0.25, 0.3) is 0 Å². The van der Waals surface area contributed by atoms with E-state index in [0.29, 0.717) is 5.41 Å². The van der Waals surface area contributed by atoms with Gasteiger partial charge in [-0.2, -0.15) is 0 Å². The molecule has 0 bridgehead atoms. The predicted molar refractivity (Wildman–Crippen MR) is 116 cm³/mol. The summed E-state index contributed by atoms with van der Waals surface area (Å²) in [6, 6.07) is 11.3. The molecule has 1 aromatic rings. The van der Waals surface area contributed by atoms with Crippen LogP contribution in [0.1, 0.15) is 90.0 Å². The zero-order valence-electron chi connectivity index (χ0n) is 18.5. The molecule has 5 rings (SSSR count). The molecule has 0 unspecified atom stereocenters. The summed E-state index contributed by atoms with van der Waals surface area (Å²) in [6.45, 7) is 6.67. The number of carbonyl (C=O) groups is 1. The van der Waals surface area contributed by atoms with Crippen LogP contribution in [0.15, 0.2) is 30.3 Å². The fraction of sp³-hybridized carbons (Fsp3) is 0.741. The van der Waals surface area contributed by atoms with E-state index in [1.165, 1.54) is 51.4 Å². The highest BCUT2D eigenvalue weighted by Gasteiger charge is 2.61. The van der Waals surface area contributed by atoms with Crippen LogP contribution in [-0.4, -0.2) is 12.1 Å². The first kappa shape index (κ1) is 19.6. The zero-order chi connectivity index (χ0) is 20.2. The Kier molecular flexibility index (Phi) is 4.83. The van der Waals surface area contributed by atoms with Gasteiger partial charge in [-0.05, 0) is 98.4 Å². The third-order valence-electron chi connectivity index (χ3n) is 10.2. The molecule has 4 aliphatic carbocycles. The highest BCUT2D eigenvalue weighted by molar-refractivity contribution is 5.66. The first-order valence-electron chi connectivity index (χ1n) is 12.1. The predicted octanol–water partition coefficient (Wildman–Crippen LogP) is 6.74. The van der Waals surface area contributed by atoms with E-state index in [4.69, 9.17) is 4.74 Å². The standard InChI is InChI=1S/C27H38O2/c1-18(28)29-25-12-11-23-22-10-9-21-17-20(19-7-5-4-6-8-19)13-15-26(21,2)24(22)14-16-27(23,25)3/h4-8,20-25H,9-17H2,1-3H3/t20-,21+,22+,23-,24-,25+,26+,27+/m1/s1. The lowest BCUT2D eigenvalue weighted by molar-refractivity contribution is -0.161. The van der Waals surface area contributed by atoms with Crippen molar-refractivity contribution in [3.8, 4) is 0 Å². The number of rotatable bonds is 2. The van der Waals surface area contributed by atoms with Crippen molar-refractivity contribution in [3.63, 3.8) is 0 Å². The molecule has 29 heavy (non-hydrogen) atoms. The fourth-order valence-electron chi connectivity index (χ4n) is 8.63. The quantitative estimate of drug-likeness (QED) is 0.519. The molecule has 0 aliphatic heterocycles. The minimum atomic E-state index is -0.0890. The molecular weight excluding hydrogens is 356 g/mol. The van der Waals surface area contributed by atoms with Crippen LogP contribution in [0.3, 0.4) is 0 Å². The Balaban J connectivity index is 1.35. The number of fused-ring (bicyclic) bond motifs is 5. The molecule has 4 saturated carbocycles. The summed E-state index contributed by atoms with van der Waals surface area (Å²) >= 11 is 0. The molecular formula is C27H38O2. The Morgan fingerprint density at radius 1 is 0.897 bits per heavy atom. The van der Waals surface area contributed by atoms with Gasteiger partial charge in [0.15, 0.2) is 0 Å². The average molecular weight is 395 g/mol. The van der Waals surface area contributed by atoms with Crippen molar-refractivity contribution in [2.75, 3.05) is 0 Å². The smallest absolute Gasteiger partial charge is 0.302 e. The highest BCUT2D eigenvalue weighted by atomic mass is 16.5. The molecule has 8 atom stereocenters. The molecule has 0 amide bonds. The molecule has 0 heterocycles. The zero-order valence-corrected chi connectivity index (χ0v) is 18.5. The second-order valence-corrected chi connectivity index (χ2v) is 11.3. The second-order valence-electron chi connectivity index (χ2n) is 11.3. The first-order valence-corrected chi connectivity index (χ1v) is 12.1. The van der Waals surface area contributed by atoms with E-state index in [-0.39, 0.29) is 17.5 Å². The van der Waals surface area contributed by atoms with E-state index in [2.05, 4.69) is 44.2 Å². The van der Waals surface area contributed by atoms with Crippen LogP contribution in [0, 0.1) is 34.5 Å². The average Bonchev–Trinajstić information content (AvgIpc) is 3.04. The normalized spacial score (nSPS) is 46.3. The maximum Gasteiger partial charge on any atom is 0.302 e. The molecule has 2 nitrogen and oxygen atoms in total. The number of ether oxygens (including phenoxy) is 1. The van der Waals surface area contributed by atoms with Gasteiger partial charge in [0.2, 0.25) is 0 Å². The van der Waals surface area contributed by atoms with Crippen molar-refractivity contribution in [2.45, 2.75) is 90.6 Å². The maximum absolute atomic E-state index is 11.7. The topological polar surface area (TPSA) is 26.3 Å². The van der Waals surface area contributed by atoms with Gasteiger partial charge < -0.3 is 4.74 Å². The van der Waals surface area contributed by atoms with Gasteiger partial charge in [0.25, 0.3) is 0 Å². The lowest BCUT2D eigenvalue weighted by Gasteiger charge is -2.61. The molecule has 0 aromatic heterocycles. The molecule has 2 heteroatoms. The highest BCUT2D eigenvalue weighted by Crippen LogP contribution is 2.67. The summed E-state index contributed by atoms with van der Waals surface area (Å²) in [4.78, 5) is 11.7. The van der Waals surface area contributed by atoms with Crippen molar-refractivity contribution >= 4 is 5.97 Å². The van der Waals surface area contributed by atoms with E-state index in [0.717, 1.165) is 36.0 Å². The van der Waals surface area contributed by atoms with Gasteiger partial charge in [-0.3, -0.25) is 4.79 Å². The molecule has 4 fully saturated rings. The van der Waals surface area contributed by atoms with E-state index < -0.39 is 0 Å². The number of hydrogen-bond donors (Lipinski definition) is 0. The van der Waals surface area contributed by atoms with Gasteiger partial charge in [0.1, 0.15) is 6.10 Å². The van der Waals surface area contributed by atoms with Gasteiger partial charge in [0, 0.05) is 12.3 Å². The summed E-state index contributed by atoms with van der Waals surface area (Å²) in [5, 5.41) is 0. The number of esters is 1. The summed E-state index contributed by atoms with van der Waals surface area (Å²) in [6.07, 6.45) is 12.1.